The summed E-state index contributed by atoms with van der Waals surface area (Å²) in [5, 5.41) is 5.36. The van der Waals surface area contributed by atoms with Gasteiger partial charge in [-0.05, 0) is 5.22 Å². The Morgan fingerprint density at radius 3 is 2.22 bits per heavy atom. The van der Waals surface area contributed by atoms with Crippen molar-refractivity contribution in [3.63, 3.8) is 0 Å². The maximum atomic E-state index is 11.4. The predicted octanol–water partition coefficient (Wildman–Crippen LogP) is 1.18. The minimum atomic E-state index is -4.47. The van der Waals surface area contributed by atoms with E-state index in [1.54, 1.807) is 6.20 Å². The third-order valence-electron chi connectivity index (χ3n) is 0.614. The van der Waals surface area contributed by atoms with Crippen molar-refractivity contribution in [3.8, 4) is 0 Å². The van der Waals surface area contributed by atoms with Crippen LogP contribution in [0.15, 0.2) is 16.0 Å². The fourth-order valence-corrected chi connectivity index (χ4v) is 0.279. The molecule has 6 heteroatoms. The highest BCUT2D eigenvalue weighted by Gasteiger charge is 2.36. The summed E-state index contributed by atoms with van der Waals surface area (Å²) in [7, 11) is 0. The van der Waals surface area contributed by atoms with Gasteiger partial charge in [-0.15, -0.1) is 10.5 Å². The highest BCUT2D eigenvalue weighted by atomic mass is 19.4. The molecule has 3 nitrogen and oxygen atoms in total. The summed E-state index contributed by atoms with van der Waals surface area (Å²) in [5.74, 6) is 0. The van der Waals surface area contributed by atoms with Crippen LogP contribution < -0.4 is 5.43 Å². The summed E-state index contributed by atoms with van der Waals surface area (Å²) in [6.45, 7) is 0. The first-order valence-electron chi connectivity index (χ1n) is 1.91. The van der Waals surface area contributed by atoms with Crippen LogP contribution in [-0.2, 0) is 0 Å². The van der Waals surface area contributed by atoms with Crippen molar-refractivity contribution in [3.05, 3.63) is 11.9 Å². The Kier molecular flexibility index (Phi) is 1.15. The average Bonchev–Trinajstić information content (AvgIpc) is 2.08. The van der Waals surface area contributed by atoms with Gasteiger partial charge in [-0.1, -0.05) is 0 Å². The van der Waals surface area contributed by atoms with Crippen LogP contribution in [0.1, 0.15) is 0 Å². The molecule has 1 heterocycles. The summed E-state index contributed by atoms with van der Waals surface area (Å²) in [6, 6.07) is 0. The van der Waals surface area contributed by atoms with Crippen LogP contribution in [0, 0.1) is 6.20 Å². The summed E-state index contributed by atoms with van der Waals surface area (Å²) >= 11 is 0. The van der Waals surface area contributed by atoms with Crippen molar-refractivity contribution < 1.29 is 13.2 Å². The van der Waals surface area contributed by atoms with E-state index in [0.29, 0.717) is 0 Å². The Balaban J connectivity index is 2.73. The van der Waals surface area contributed by atoms with Crippen molar-refractivity contribution in [1.29, 1.82) is 0 Å². The molecule has 0 atom stereocenters. The molecular formula is C3F3N3. The lowest BCUT2D eigenvalue weighted by Gasteiger charge is -1.98. The van der Waals surface area contributed by atoms with Gasteiger partial charge in [-0.3, -0.25) is 0 Å². The first-order chi connectivity index (χ1) is 4.11. The quantitative estimate of drug-likeness (QED) is 0.478. The molecule has 0 saturated heterocycles. The second-order valence-corrected chi connectivity index (χ2v) is 1.25. The number of nitrogens with zero attached hydrogens (tertiary/aromatic N) is 3. The average molecular weight is 135 g/mol. The zero-order valence-corrected chi connectivity index (χ0v) is 3.98. The first kappa shape index (κ1) is 6.06. The molecule has 0 N–H and O–H groups in total. The van der Waals surface area contributed by atoms with Crippen LogP contribution in [0.5, 0.6) is 0 Å². The molecule has 1 rings (SSSR count). The maximum absolute atomic E-state index is 11.4. The van der Waals surface area contributed by atoms with Crippen molar-refractivity contribution in [2.45, 2.75) is 6.18 Å². The molecule has 0 saturated carbocycles. The molecular weight excluding hydrogens is 135 g/mol. The summed E-state index contributed by atoms with van der Waals surface area (Å²) in [4.78, 5) is 0. The van der Waals surface area contributed by atoms with Gasteiger partial charge >= 0.3 is 6.18 Å². The SMILES string of the molecule is FC(F)(F)C1=[C][N]N=N1. The van der Waals surface area contributed by atoms with Gasteiger partial charge < -0.3 is 0 Å². The van der Waals surface area contributed by atoms with E-state index in [0.717, 1.165) is 0 Å². The smallest absolute Gasteiger partial charge is 0.164 e. The second kappa shape index (κ2) is 1.71. The van der Waals surface area contributed by atoms with Gasteiger partial charge in [0.25, 0.3) is 0 Å². The van der Waals surface area contributed by atoms with Gasteiger partial charge in [0, 0.05) is 0 Å². The molecule has 0 amide bonds. The number of alkyl halides is 3. The third-order valence-corrected chi connectivity index (χ3v) is 0.614. The van der Waals surface area contributed by atoms with Crippen LogP contribution in [-0.4, -0.2) is 6.18 Å². The van der Waals surface area contributed by atoms with Gasteiger partial charge in [-0.25, -0.2) is 0 Å². The van der Waals surface area contributed by atoms with E-state index in [1.807, 2.05) is 0 Å². The van der Waals surface area contributed by atoms with Crippen LogP contribution in [0.25, 0.3) is 0 Å². The third kappa shape index (κ3) is 1.18. The summed E-state index contributed by atoms with van der Waals surface area (Å²) in [5.41, 5.74) is 1.60. The normalized spacial score (nSPS) is 17.4. The molecule has 0 fully saturated rings. The number of hydrogen-bond donors (Lipinski definition) is 0. The molecule has 2 radical (unpaired) electrons. The number of rotatable bonds is 0. The number of hydrogen-bond acceptors (Lipinski definition) is 2. The molecule has 48 valence electrons. The zero-order chi connectivity index (χ0) is 6.91. The fraction of sp³-hybridized carbons (Fsp3) is 0.333. The van der Waals surface area contributed by atoms with Gasteiger partial charge in [0.15, 0.2) is 11.9 Å². The minimum Gasteiger partial charge on any atom is -0.164 e. The Morgan fingerprint density at radius 2 is 2.00 bits per heavy atom. The molecule has 0 aromatic heterocycles. The first-order valence-corrected chi connectivity index (χ1v) is 1.91. The van der Waals surface area contributed by atoms with Crippen LogP contribution in [0.3, 0.4) is 0 Å². The Hall–Kier alpha value is -1.07. The number of allylic oxidation sites excluding steroid dienone is 1. The van der Waals surface area contributed by atoms with Crippen LogP contribution in [0.4, 0.5) is 13.2 Å². The van der Waals surface area contributed by atoms with Gasteiger partial charge in [0.2, 0.25) is 0 Å². The largest absolute Gasteiger partial charge is 0.437 e. The van der Waals surface area contributed by atoms with E-state index in [4.69, 9.17) is 0 Å². The van der Waals surface area contributed by atoms with E-state index in [2.05, 4.69) is 15.8 Å². The van der Waals surface area contributed by atoms with E-state index < -0.39 is 11.9 Å². The van der Waals surface area contributed by atoms with E-state index >= 15 is 0 Å². The zero-order valence-electron chi connectivity index (χ0n) is 3.98. The molecule has 0 aliphatic carbocycles. The molecule has 9 heavy (non-hydrogen) atoms. The fourth-order valence-electron chi connectivity index (χ4n) is 0.279. The summed E-state index contributed by atoms with van der Waals surface area (Å²) in [6.07, 6.45) is -2.89. The standard InChI is InChI=1S/C3F3N3/c4-3(5,6)2-1-7-9-8-2. The van der Waals surface area contributed by atoms with Crippen LogP contribution >= 0.6 is 0 Å². The predicted molar refractivity (Wildman–Crippen MR) is 19.8 cm³/mol. The molecule has 0 aromatic rings. The lowest BCUT2D eigenvalue weighted by atomic mass is 10.5. The highest BCUT2D eigenvalue weighted by Crippen LogP contribution is 2.27. The topological polar surface area (TPSA) is 38.8 Å². The van der Waals surface area contributed by atoms with E-state index in [9.17, 15) is 13.2 Å². The van der Waals surface area contributed by atoms with Crippen molar-refractivity contribution in [2.75, 3.05) is 0 Å². The van der Waals surface area contributed by atoms with E-state index in [-0.39, 0.29) is 0 Å². The van der Waals surface area contributed by atoms with Crippen LogP contribution in [0.2, 0.25) is 0 Å². The van der Waals surface area contributed by atoms with Crippen molar-refractivity contribution in [2.24, 2.45) is 10.3 Å². The number of halogens is 3. The van der Waals surface area contributed by atoms with Crippen molar-refractivity contribution in [1.82, 2.24) is 5.43 Å². The lowest BCUT2D eigenvalue weighted by Crippen LogP contribution is -2.08. The maximum Gasteiger partial charge on any atom is 0.437 e. The van der Waals surface area contributed by atoms with Gasteiger partial charge in [0.1, 0.15) is 0 Å². The molecule has 1 aliphatic heterocycles. The van der Waals surface area contributed by atoms with Gasteiger partial charge in [0.05, 0.1) is 0 Å². The monoisotopic (exact) mass is 135 g/mol. The molecule has 0 spiro atoms. The van der Waals surface area contributed by atoms with E-state index in [1.165, 1.54) is 0 Å². The highest BCUT2D eigenvalue weighted by molar-refractivity contribution is 5.02. The molecule has 0 aromatic carbocycles. The van der Waals surface area contributed by atoms with Crippen molar-refractivity contribution >= 4 is 0 Å². The minimum absolute atomic E-state index is 1.18. The van der Waals surface area contributed by atoms with Gasteiger partial charge in [-0.2, -0.15) is 13.2 Å². The lowest BCUT2D eigenvalue weighted by molar-refractivity contribution is -0.0929. The summed E-state index contributed by atoms with van der Waals surface area (Å²) < 4.78 is 34.3. The Labute approximate surface area is 48.2 Å². The Bertz CT molecular complexity index is 168. The second-order valence-electron chi connectivity index (χ2n) is 1.25. The molecule has 0 unspecified atom stereocenters. The molecule has 1 aliphatic rings. The Morgan fingerprint density at radius 1 is 1.33 bits per heavy atom. The molecule has 0 bridgehead atoms.